The van der Waals surface area contributed by atoms with Gasteiger partial charge in [-0.25, -0.2) is 9.97 Å². The van der Waals surface area contributed by atoms with Crippen molar-refractivity contribution < 1.29 is 9.47 Å². The second-order valence-electron chi connectivity index (χ2n) is 10.7. The van der Waals surface area contributed by atoms with E-state index in [2.05, 4.69) is 58.5 Å². The molecule has 2 saturated heterocycles. The smallest absolute Gasteiger partial charge is 0.128 e. The predicted molar refractivity (Wildman–Crippen MR) is 149 cm³/mol. The van der Waals surface area contributed by atoms with Crippen LogP contribution in [-0.2, 0) is 22.3 Å². The van der Waals surface area contributed by atoms with Crippen LogP contribution in [0.15, 0.2) is 24.3 Å². The van der Waals surface area contributed by atoms with Crippen LogP contribution < -0.4 is 20.4 Å². The minimum atomic E-state index is 0.501. The van der Waals surface area contributed by atoms with Gasteiger partial charge < -0.3 is 29.9 Å². The monoisotopic (exact) mass is 508 g/mol. The standard InChI is InChI=1S/C15H23N3O.C14H21N3O/c1-12-11-16-6-5-13-3-4-14(17-15(12)13)18-7-2-9-19-10-8-18;1-11-10-15-5-4-12-2-3-13(16-14(11)12)17-6-8-18-9-7-17/h3-4,12,16H,2,5-11H2,1H3;2-3,11,15H,4-10H2,1H3/t12-;11-/m00/s1. The van der Waals surface area contributed by atoms with Gasteiger partial charge in [-0.1, -0.05) is 26.0 Å². The Morgan fingerprint density at radius 1 is 0.676 bits per heavy atom. The molecule has 0 amide bonds. The van der Waals surface area contributed by atoms with Crippen molar-refractivity contribution in [3.8, 4) is 0 Å². The van der Waals surface area contributed by atoms with Crippen molar-refractivity contribution >= 4 is 11.6 Å². The molecule has 202 valence electrons. The predicted octanol–water partition coefficient (Wildman–Crippen LogP) is 2.72. The summed E-state index contributed by atoms with van der Waals surface area (Å²) < 4.78 is 10.9. The Balaban J connectivity index is 0.000000152. The highest BCUT2D eigenvalue weighted by Gasteiger charge is 2.20. The topological polar surface area (TPSA) is 74.8 Å². The van der Waals surface area contributed by atoms with Gasteiger partial charge in [0.1, 0.15) is 11.6 Å². The normalized spacial score (nSPS) is 24.5. The van der Waals surface area contributed by atoms with Crippen LogP contribution >= 0.6 is 0 Å². The highest BCUT2D eigenvalue weighted by Crippen LogP contribution is 2.25. The summed E-state index contributed by atoms with van der Waals surface area (Å²) in [7, 11) is 0. The maximum atomic E-state index is 5.52. The zero-order valence-corrected chi connectivity index (χ0v) is 22.7. The zero-order valence-electron chi connectivity index (χ0n) is 22.7. The Hall–Kier alpha value is -2.26. The Morgan fingerprint density at radius 2 is 1.16 bits per heavy atom. The van der Waals surface area contributed by atoms with Gasteiger partial charge in [0, 0.05) is 57.7 Å². The average molecular weight is 509 g/mol. The van der Waals surface area contributed by atoms with Gasteiger partial charge in [-0.15, -0.1) is 0 Å². The van der Waals surface area contributed by atoms with Crippen molar-refractivity contribution in [3.63, 3.8) is 0 Å². The number of ether oxygens (including phenoxy) is 2. The van der Waals surface area contributed by atoms with Crippen LogP contribution in [0.3, 0.4) is 0 Å². The lowest BCUT2D eigenvalue weighted by Crippen LogP contribution is -2.37. The summed E-state index contributed by atoms with van der Waals surface area (Å²) in [6.45, 7) is 16.0. The molecule has 6 rings (SSSR count). The molecule has 4 aliphatic heterocycles. The van der Waals surface area contributed by atoms with Gasteiger partial charge in [0.05, 0.1) is 31.2 Å². The van der Waals surface area contributed by atoms with Crippen LogP contribution in [0.1, 0.15) is 54.6 Å². The largest absolute Gasteiger partial charge is 0.380 e. The lowest BCUT2D eigenvalue weighted by atomic mass is 10.0. The lowest BCUT2D eigenvalue weighted by molar-refractivity contribution is 0.122. The number of morpholine rings is 1. The molecule has 8 nitrogen and oxygen atoms in total. The number of nitrogens with one attached hydrogen (secondary N) is 2. The molecule has 2 fully saturated rings. The molecule has 0 aliphatic carbocycles. The van der Waals surface area contributed by atoms with Gasteiger partial charge in [-0.05, 0) is 55.6 Å². The first-order chi connectivity index (χ1) is 18.2. The quantitative estimate of drug-likeness (QED) is 0.642. The number of rotatable bonds is 2. The number of nitrogens with zero attached hydrogens (tertiary/aromatic N) is 4. The molecule has 0 saturated carbocycles. The molecule has 0 spiro atoms. The molecule has 0 radical (unpaired) electrons. The third-order valence-electron chi connectivity index (χ3n) is 7.85. The zero-order chi connectivity index (χ0) is 25.5. The molecule has 0 unspecified atom stereocenters. The van der Waals surface area contributed by atoms with Crippen molar-refractivity contribution in [3.05, 3.63) is 46.8 Å². The van der Waals surface area contributed by atoms with E-state index in [9.17, 15) is 0 Å². The molecule has 8 heteroatoms. The van der Waals surface area contributed by atoms with Gasteiger partial charge in [-0.3, -0.25) is 0 Å². The molecule has 2 N–H and O–H groups in total. The molecular formula is C29H44N6O2. The van der Waals surface area contributed by atoms with Gasteiger partial charge >= 0.3 is 0 Å². The van der Waals surface area contributed by atoms with E-state index in [1.165, 1.54) is 22.5 Å². The summed E-state index contributed by atoms with van der Waals surface area (Å²) in [6, 6.07) is 8.88. The molecule has 37 heavy (non-hydrogen) atoms. The number of aromatic nitrogens is 2. The molecule has 4 aliphatic rings. The van der Waals surface area contributed by atoms with Crippen LogP contribution in [-0.4, -0.2) is 88.8 Å². The first-order valence-corrected chi connectivity index (χ1v) is 14.3. The molecule has 2 aromatic rings. The van der Waals surface area contributed by atoms with Gasteiger partial charge in [0.2, 0.25) is 0 Å². The van der Waals surface area contributed by atoms with Crippen molar-refractivity contribution in [2.75, 3.05) is 88.6 Å². The second-order valence-corrected chi connectivity index (χ2v) is 10.7. The van der Waals surface area contributed by atoms with E-state index in [0.29, 0.717) is 11.8 Å². The van der Waals surface area contributed by atoms with Crippen LogP contribution in [0.2, 0.25) is 0 Å². The average Bonchev–Trinajstić information content (AvgIpc) is 3.40. The Bertz CT molecular complexity index is 1000. The maximum Gasteiger partial charge on any atom is 0.128 e. The van der Waals surface area contributed by atoms with Crippen molar-refractivity contribution in [1.82, 2.24) is 20.6 Å². The summed E-state index contributed by atoms with van der Waals surface area (Å²) >= 11 is 0. The van der Waals surface area contributed by atoms with Crippen molar-refractivity contribution in [2.24, 2.45) is 0 Å². The van der Waals surface area contributed by atoms with E-state index in [1.807, 2.05) is 0 Å². The van der Waals surface area contributed by atoms with Gasteiger partial charge in [-0.2, -0.15) is 0 Å². The van der Waals surface area contributed by atoms with E-state index < -0.39 is 0 Å². The Morgan fingerprint density at radius 3 is 1.70 bits per heavy atom. The minimum Gasteiger partial charge on any atom is -0.380 e. The Kier molecular flexibility index (Phi) is 9.26. The van der Waals surface area contributed by atoms with Crippen molar-refractivity contribution in [2.45, 2.75) is 44.9 Å². The van der Waals surface area contributed by atoms with E-state index >= 15 is 0 Å². The third-order valence-corrected chi connectivity index (χ3v) is 7.85. The highest BCUT2D eigenvalue weighted by atomic mass is 16.5. The second kappa shape index (κ2) is 13.0. The molecule has 6 heterocycles. The lowest BCUT2D eigenvalue weighted by Gasteiger charge is -2.28. The molecule has 0 aromatic carbocycles. The fourth-order valence-electron chi connectivity index (χ4n) is 5.66. The summed E-state index contributed by atoms with van der Waals surface area (Å²) in [4.78, 5) is 14.5. The van der Waals surface area contributed by atoms with E-state index in [-0.39, 0.29) is 0 Å². The fraction of sp³-hybridized carbons (Fsp3) is 0.655. The SMILES string of the molecule is C[C@H]1CNCCc2ccc(N3CCCOCC3)nc21.C[C@H]1CNCCc2ccc(N3CCOCC3)nc21. The highest BCUT2D eigenvalue weighted by molar-refractivity contribution is 5.44. The van der Waals surface area contributed by atoms with Crippen LogP contribution in [0, 0.1) is 0 Å². The molecule has 0 bridgehead atoms. The van der Waals surface area contributed by atoms with E-state index in [0.717, 1.165) is 110 Å². The first kappa shape index (κ1) is 26.4. The number of anilines is 2. The van der Waals surface area contributed by atoms with Crippen LogP contribution in [0.4, 0.5) is 11.6 Å². The maximum absolute atomic E-state index is 5.52. The fourth-order valence-corrected chi connectivity index (χ4v) is 5.66. The Labute approximate surface area is 222 Å². The molecule has 2 atom stereocenters. The van der Waals surface area contributed by atoms with Crippen LogP contribution in [0.5, 0.6) is 0 Å². The van der Waals surface area contributed by atoms with Gasteiger partial charge in [0.25, 0.3) is 0 Å². The van der Waals surface area contributed by atoms with Crippen molar-refractivity contribution in [1.29, 1.82) is 0 Å². The minimum absolute atomic E-state index is 0.501. The summed E-state index contributed by atoms with van der Waals surface area (Å²) in [5.74, 6) is 3.24. The summed E-state index contributed by atoms with van der Waals surface area (Å²) in [5, 5.41) is 6.95. The molecule has 2 aromatic heterocycles. The number of hydrogen-bond acceptors (Lipinski definition) is 8. The van der Waals surface area contributed by atoms with Crippen LogP contribution in [0.25, 0.3) is 0 Å². The first-order valence-electron chi connectivity index (χ1n) is 14.3. The van der Waals surface area contributed by atoms with Gasteiger partial charge in [0.15, 0.2) is 0 Å². The number of fused-ring (bicyclic) bond motifs is 2. The third kappa shape index (κ3) is 6.79. The van der Waals surface area contributed by atoms with E-state index in [1.54, 1.807) is 0 Å². The molecular weight excluding hydrogens is 464 g/mol. The van der Waals surface area contributed by atoms with E-state index in [4.69, 9.17) is 19.4 Å². The summed E-state index contributed by atoms with van der Waals surface area (Å²) in [5.41, 5.74) is 5.38. The number of pyridine rings is 2. The number of hydrogen-bond donors (Lipinski definition) is 2. The summed E-state index contributed by atoms with van der Waals surface area (Å²) in [6.07, 6.45) is 3.28.